The fraction of sp³-hybridized carbons (Fsp3) is 0.857. The zero-order valence-electron chi connectivity index (χ0n) is 7.37. The molecule has 5 heteroatoms. The van der Waals surface area contributed by atoms with Crippen LogP contribution in [0.4, 0.5) is 4.79 Å². The predicted octanol–water partition coefficient (Wildman–Crippen LogP) is -0.588. The van der Waals surface area contributed by atoms with Crippen molar-refractivity contribution in [3.8, 4) is 0 Å². The summed E-state index contributed by atoms with van der Waals surface area (Å²) >= 11 is 0. The third kappa shape index (κ3) is 1.37. The molecular formula is C7H14N2O3. The van der Waals surface area contributed by atoms with E-state index >= 15 is 0 Å². The molecule has 1 aliphatic rings. The van der Waals surface area contributed by atoms with Gasteiger partial charge in [0.1, 0.15) is 5.60 Å². The Kier molecular flexibility index (Phi) is 2.54. The lowest BCUT2D eigenvalue weighted by Gasteiger charge is -2.47. The van der Waals surface area contributed by atoms with Gasteiger partial charge in [-0.3, -0.25) is 0 Å². The smallest absolute Gasteiger partial charge is 0.409 e. The number of methoxy groups -OCH3 is 2. The molecule has 1 heterocycles. The van der Waals surface area contributed by atoms with E-state index in [1.54, 1.807) is 12.0 Å². The standard InChI is InChI=1S/C7H14N2O3/c1-11-6(10)9-4-7(3-8,5-9)12-2/h3-5,8H2,1-2H3. The summed E-state index contributed by atoms with van der Waals surface area (Å²) in [6, 6.07) is 0. The summed E-state index contributed by atoms with van der Waals surface area (Å²) in [5.74, 6) is 0. The Hall–Kier alpha value is -0.810. The lowest BCUT2D eigenvalue weighted by atomic mass is 9.95. The first-order valence-electron chi connectivity index (χ1n) is 3.75. The van der Waals surface area contributed by atoms with E-state index in [0.717, 1.165) is 0 Å². The van der Waals surface area contributed by atoms with Crippen molar-refractivity contribution in [3.05, 3.63) is 0 Å². The van der Waals surface area contributed by atoms with Crippen LogP contribution in [-0.2, 0) is 9.47 Å². The summed E-state index contributed by atoms with van der Waals surface area (Å²) in [6.07, 6.45) is -0.323. The van der Waals surface area contributed by atoms with Gasteiger partial charge in [-0.2, -0.15) is 0 Å². The van der Waals surface area contributed by atoms with Crippen LogP contribution in [0.25, 0.3) is 0 Å². The van der Waals surface area contributed by atoms with Gasteiger partial charge in [-0.05, 0) is 0 Å². The second-order valence-electron chi connectivity index (χ2n) is 2.92. The second-order valence-corrected chi connectivity index (χ2v) is 2.92. The van der Waals surface area contributed by atoms with Gasteiger partial charge in [-0.15, -0.1) is 0 Å². The van der Waals surface area contributed by atoms with E-state index < -0.39 is 0 Å². The minimum atomic E-state index is -0.339. The van der Waals surface area contributed by atoms with Crippen LogP contribution < -0.4 is 5.73 Å². The van der Waals surface area contributed by atoms with Crippen molar-refractivity contribution in [2.45, 2.75) is 5.60 Å². The molecule has 0 aromatic rings. The predicted molar refractivity (Wildman–Crippen MR) is 42.8 cm³/mol. The van der Waals surface area contributed by atoms with Gasteiger partial charge in [0.15, 0.2) is 0 Å². The van der Waals surface area contributed by atoms with E-state index in [0.29, 0.717) is 19.6 Å². The maximum absolute atomic E-state index is 10.9. The number of amides is 1. The summed E-state index contributed by atoms with van der Waals surface area (Å²) < 4.78 is 9.70. The Morgan fingerprint density at radius 3 is 2.50 bits per heavy atom. The molecule has 0 aliphatic carbocycles. The monoisotopic (exact) mass is 174 g/mol. The number of ether oxygens (including phenoxy) is 2. The molecule has 0 saturated carbocycles. The molecule has 1 amide bonds. The largest absolute Gasteiger partial charge is 0.453 e. The van der Waals surface area contributed by atoms with Gasteiger partial charge < -0.3 is 20.1 Å². The molecule has 12 heavy (non-hydrogen) atoms. The van der Waals surface area contributed by atoms with Gasteiger partial charge >= 0.3 is 6.09 Å². The summed E-state index contributed by atoms with van der Waals surface area (Å²) in [7, 11) is 2.96. The zero-order valence-corrected chi connectivity index (χ0v) is 7.37. The molecule has 5 nitrogen and oxygen atoms in total. The first-order chi connectivity index (χ1) is 5.67. The number of carbonyl (C=O) groups excluding carboxylic acids is 1. The Balaban J connectivity index is 2.40. The summed E-state index contributed by atoms with van der Waals surface area (Å²) in [5.41, 5.74) is 5.14. The van der Waals surface area contributed by atoms with Crippen LogP contribution in [-0.4, -0.2) is 50.4 Å². The number of nitrogens with two attached hydrogens (primary N) is 1. The normalized spacial score (nSPS) is 20.1. The highest BCUT2D eigenvalue weighted by Gasteiger charge is 2.45. The SMILES string of the molecule is COC(=O)N1CC(CN)(OC)C1. The molecule has 0 unspecified atom stereocenters. The van der Waals surface area contributed by atoms with Gasteiger partial charge in [0.05, 0.1) is 20.2 Å². The topological polar surface area (TPSA) is 64.8 Å². The van der Waals surface area contributed by atoms with Crippen LogP contribution in [0.5, 0.6) is 0 Å². The van der Waals surface area contributed by atoms with Gasteiger partial charge in [0.25, 0.3) is 0 Å². The molecule has 0 atom stereocenters. The van der Waals surface area contributed by atoms with Crippen LogP contribution in [0, 0.1) is 0 Å². The number of rotatable bonds is 2. The fourth-order valence-electron chi connectivity index (χ4n) is 1.25. The van der Waals surface area contributed by atoms with E-state index in [2.05, 4.69) is 4.74 Å². The molecule has 1 aliphatic heterocycles. The van der Waals surface area contributed by atoms with Crippen molar-refractivity contribution in [2.75, 3.05) is 33.9 Å². The maximum atomic E-state index is 10.9. The molecule has 1 fully saturated rings. The Morgan fingerprint density at radius 1 is 1.58 bits per heavy atom. The molecule has 0 spiro atoms. The van der Waals surface area contributed by atoms with Crippen molar-refractivity contribution in [3.63, 3.8) is 0 Å². The van der Waals surface area contributed by atoms with Crippen molar-refractivity contribution < 1.29 is 14.3 Å². The van der Waals surface area contributed by atoms with Crippen LogP contribution in [0.1, 0.15) is 0 Å². The van der Waals surface area contributed by atoms with E-state index in [-0.39, 0.29) is 11.7 Å². The fourth-order valence-corrected chi connectivity index (χ4v) is 1.25. The summed E-state index contributed by atoms with van der Waals surface area (Å²) in [5, 5.41) is 0. The van der Waals surface area contributed by atoms with Crippen molar-refractivity contribution >= 4 is 6.09 Å². The van der Waals surface area contributed by atoms with E-state index in [1.807, 2.05) is 0 Å². The van der Waals surface area contributed by atoms with Gasteiger partial charge in [-0.25, -0.2) is 4.79 Å². The van der Waals surface area contributed by atoms with Crippen molar-refractivity contribution in [2.24, 2.45) is 5.73 Å². The minimum absolute atomic E-state index is 0.323. The average Bonchev–Trinajstić information content (AvgIpc) is 2.04. The van der Waals surface area contributed by atoms with Crippen LogP contribution in [0.2, 0.25) is 0 Å². The van der Waals surface area contributed by atoms with Crippen molar-refractivity contribution in [1.29, 1.82) is 0 Å². The van der Waals surface area contributed by atoms with E-state index in [9.17, 15) is 4.79 Å². The summed E-state index contributed by atoms with van der Waals surface area (Å²) in [6.45, 7) is 1.47. The number of nitrogens with zero attached hydrogens (tertiary/aromatic N) is 1. The molecule has 1 saturated heterocycles. The maximum Gasteiger partial charge on any atom is 0.409 e. The Labute approximate surface area is 71.4 Å². The molecule has 2 N–H and O–H groups in total. The summed E-state index contributed by atoms with van der Waals surface area (Å²) in [4.78, 5) is 12.5. The minimum Gasteiger partial charge on any atom is -0.453 e. The number of likely N-dealkylation sites (tertiary alicyclic amines) is 1. The zero-order chi connectivity index (χ0) is 9.19. The highest BCUT2D eigenvalue weighted by atomic mass is 16.5. The first kappa shape index (κ1) is 9.28. The van der Waals surface area contributed by atoms with Gasteiger partial charge in [0.2, 0.25) is 0 Å². The molecule has 0 aromatic carbocycles. The molecule has 1 rings (SSSR count). The number of hydrogen-bond acceptors (Lipinski definition) is 4. The quantitative estimate of drug-likeness (QED) is 0.608. The second kappa shape index (κ2) is 3.28. The Bertz CT molecular complexity index is 171. The third-order valence-corrected chi connectivity index (χ3v) is 2.20. The van der Waals surface area contributed by atoms with E-state index in [4.69, 9.17) is 10.5 Å². The molecule has 0 aromatic heterocycles. The highest BCUT2D eigenvalue weighted by Crippen LogP contribution is 2.23. The Morgan fingerprint density at radius 2 is 2.17 bits per heavy atom. The molecule has 0 bridgehead atoms. The third-order valence-electron chi connectivity index (χ3n) is 2.20. The highest BCUT2D eigenvalue weighted by molar-refractivity contribution is 5.69. The van der Waals surface area contributed by atoms with Crippen molar-refractivity contribution in [1.82, 2.24) is 4.90 Å². The average molecular weight is 174 g/mol. The lowest BCUT2D eigenvalue weighted by molar-refractivity contribution is -0.106. The first-order valence-corrected chi connectivity index (χ1v) is 3.75. The number of carbonyl (C=O) groups is 1. The molecular weight excluding hydrogens is 160 g/mol. The van der Waals surface area contributed by atoms with Gasteiger partial charge in [-0.1, -0.05) is 0 Å². The van der Waals surface area contributed by atoms with Gasteiger partial charge in [0, 0.05) is 13.7 Å². The number of hydrogen-bond donors (Lipinski definition) is 1. The lowest BCUT2D eigenvalue weighted by Crippen LogP contribution is -2.67. The molecule has 0 radical (unpaired) electrons. The van der Waals surface area contributed by atoms with Crippen LogP contribution in [0.3, 0.4) is 0 Å². The molecule has 70 valence electrons. The van der Waals surface area contributed by atoms with Crippen LogP contribution >= 0.6 is 0 Å². The van der Waals surface area contributed by atoms with E-state index in [1.165, 1.54) is 7.11 Å². The van der Waals surface area contributed by atoms with Crippen LogP contribution in [0.15, 0.2) is 0 Å².